The maximum atomic E-state index is 12.8. The van der Waals surface area contributed by atoms with Crippen molar-refractivity contribution < 1.29 is 9.53 Å². The first kappa shape index (κ1) is 20.0. The molecule has 0 bridgehead atoms. The average Bonchev–Trinajstić information content (AvgIpc) is 3.35. The second kappa shape index (κ2) is 9.00. The van der Waals surface area contributed by atoms with Gasteiger partial charge in [0, 0.05) is 29.2 Å². The highest BCUT2D eigenvalue weighted by Gasteiger charge is 2.17. The Morgan fingerprint density at radius 1 is 1.23 bits per heavy atom. The number of fused-ring (bicyclic) bond motifs is 1. The summed E-state index contributed by atoms with van der Waals surface area (Å²) in [6, 6.07) is 15.6. The minimum atomic E-state index is 0.0446. The van der Waals surface area contributed by atoms with Gasteiger partial charge in [0.25, 0.3) is 0 Å². The lowest BCUT2D eigenvalue weighted by Gasteiger charge is -2.09. The van der Waals surface area contributed by atoms with Gasteiger partial charge in [0.1, 0.15) is 12.4 Å². The summed E-state index contributed by atoms with van der Waals surface area (Å²) in [7, 11) is 0. The fourth-order valence-corrected chi connectivity index (χ4v) is 4.06. The Balaban J connectivity index is 1.46. The lowest BCUT2D eigenvalue weighted by Crippen LogP contribution is -2.09. The maximum Gasteiger partial charge on any atom is 0.192 e. The van der Waals surface area contributed by atoms with Crippen molar-refractivity contribution in [3.8, 4) is 5.75 Å². The highest BCUT2D eigenvalue weighted by molar-refractivity contribution is 7.99. The molecule has 7 heteroatoms. The summed E-state index contributed by atoms with van der Waals surface area (Å²) < 4.78 is 7.79. The number of carbonyl (C=O) groups excluding carboxylic acids is 1. The fourth-order valence-electron chi connectivity index (χ4n) is 3.21. The molecular formula is C23H22N4O2S. The van der Waals surface area contributed by atoms with Crippen LogP contribution in [0.15, 0.2) is 72.5 Å². The van der Waals surface area contributed by atoms with Crippen LogP contribution in [0.5, 0.6) is 5.75 Å². The molecule has 4 rings (SSSR count). The molecule has 0 atom stereocenters. The Morgan fingerprint density at radius 2 is 2.10 bits per heavy atom. The van der Waals surface area contributed by atoms with Gasteiger partial charge in [-0.3, -0.25) is 9.36 Å². The third-order valence-electron chi connectivity index (χ3n) is 4.68. The summed E-state index contributed by atoms with van der Waals surface area (Å²) in [5, 5.41) is 10.1. The van der Waals surface area contributed by atoms with E-state index in [9.17, 15) is 4.79 Å². The normalized spacial score (nSPS) is 11.0. The van der Waals surface area contributed by atoms with Crippen LogP contribution in [0.3, 0.4) is 0 Å². The van der Waals surface area contributed by atoms with Gasteiger partial charge in [-0.05, 0) is 30.7 Å². The van der Waals surface area contributed by atoms with E-state index >= 15 is 0 Å². The van der Waals surface area contributed by atoms with Crippen molar-refractivity contribution in [2.45, 2.75) is 25.2 Å². The van der Waals surface area contributed by atoms with Crippen molar-refractivity contribution in [2.75, 3.05) is 5.75 Å². The van der Waals surface area contributed by atoms with Gasteiger partial charge in [0.15, 0.2) is 16.8 Å². The van der Waals surface area contributed by atoms with Gasteiger partial charge in [-0.25, -0.2) is 0 Å². The number of benzene rings is 2. The smallest absolute Gasteiger partial charge is 0.192 e. The van der Waals surface area contributed by atoms with Crippen LogP contribution in [-0.4, -0.2) is 31.3 Å². The van der Waals surface area contributed by atoms with Crippen molar-refractivity contribution in [3.63, 3.8) is 0 Å². The summed E-state index contributed by atoms with van der Waals surface area (Å²) in [5.41, 5.74) is 2.78. The second-order valence-electron chi connectivity index (χ2n) is 6.86. The molecule has 30 heavy (non-hydrogen) atoms. The zero-order valence-corrected chi connectivity index (χ0v) is 17.5. The molecule has 2 heterocycles. The lowest BCUT2D eigenvalue weighted by molar-refractivity contribution is 0.102. The van der Waals surface area contributed by atoms with E-state index in [2.05, 4.69) is 21.8 Å². The van der Waals surface area contributed by atoms with Crippen molar-refractivity contribution in [2.24, 2.45) is 0 Å². The van der Waals surface area contributed by atoms with E-state index in [1.807, 2.05) is 60.0 Å². The number of hydrogen-bond donors (Lipinski definition) is 1. The molecular weight excluding hydrogens is 396 g/mol. The molecule has 1 N–H and O–H groups in total. The summed E-state index contributed by atoms with van der Waals surface area (Å²) in [5.74, 6) is 1.80. The molecule has 0 fully saturated rings. The number of nitrogens with one attached hydrogen (secondary N) is 1. The standard InChI is InChI=1S/C23H22N4O2S/c1-3-11-27-22(14-29-17-8-6-7-16(2)12-17)25-26-23(27)30-15-21(28)19-13-24-20-10-5-4-9-18(19)20/h3-10,12-13,24H,1,11,14-15H2,2H3. The molecule has 0 radical (unpaired) electrons. The SMILES string of the molecule is C=CCn1c(COc2cccc(C)c2)nnc1SCC(=O)c1c[nH]c2ccccc12. The van der Waals surface area contributed by atoms with Crippen molar-refractivity contribution in [3.05, 3.63) is 84.3 Å². The van der Waals surface area contributed by atoms with Crippen LogP contribution in [0.1, 0.15) is 21.7 Å². The number of rotatable bonds is 9. The number of carbonyl (C=O) groups is 1. The third kappa shape index (κ3) is 4.31. The van der Waals surface area contributed by atoms with Gasteiger partial charge in [-0.15, -0.1) is 16.8 Å². The van der Waals surface area contributed by atoms with Gasteiger partial charge in [-0.1, -0.05) is 48.2 Å². The number of H-pyrrole nitrogens is 1. The molecule has 0 aliphatic rings. The van der Waals surface area contributed by atoms with Crippen LogP contribution in [0.4, 0.5) is 0 Å². The minimum Gasteiger partial charge on any atom is -0.486 e. The van der Waals surface area contributed by atoms with Gasteiger partial charge >= 0.3 is 0 Å². The first-order valence-electron chi connectivity index (χ1n) is 9.60. The largest absolute Gasteiger partial charge is 0.486 e. The van der Waals surface area contributed by atoms with Gasteiger partial charge in [0.05, 0.1) is 5.75 Å². The van der Waals surface area contributed by atoms with E-state index in [0.29, 0.717) is 29.7 Å². The Hall–Kier alpha value is -3.32. The van der Waals surface area contributed by atoms with E-state index in [1.54, 1.807) is 12.3 Å². The number of aryl methyl sites for hydroxylation is 1. The molecule has 4 aromatic rings. The molecule has 0 aliphatic carbocycles. The Labute approximate surface area is 179 Å². The summed E-state index contributed by atoms with van der Waals surface area (Å²) >= 11 is 1.37. The third-order valence-corrected chi connectivity index (χ3v) is 5.65. The van der Waals surface area contributed by atoms with Crippen molar-refractivity contribution in [1.29, 1.82) is 0 Å². The number of Topliss-reactive ketones (excluding diaryl/α,β-unsaturated/α-hetero) is 1. The van der Waals surface area contributed by atoms with Gasteiger partial charge in [-0.2, -0.15) is 0 Å². The number of ether oxygens (including phenoxy) is 1. The molecule has 0 saturated heterocycles. The Morgan fingerprint density at radius 3 is 2.93 bits per heavy atom. The number of hydrogen-bond acceptors (Lipinski definition) is 5. The number of ketones is 1. The van der Waals surface area contributed by atoms with E-state index in [1.165, 1.54) is 11.8 Å². The molecule has 0 amide bonds. The monoisotopic (exact) mass is 418 g/mol. The first-order chi connectivity index (χ1) is 14.7. The van der Waals surface area contributed by atoms with Gasteiger partial charge in [0.2, 0.25) is 0 Å². The van der Waals surface area contributed by atoms with Crippen LogP contribution in [0.2, 0.25) is 0 Å². The summed E-state index contributed by atoms with van der Waals surface area (Å²) in [6.07, 6.45) is 3.55. The topological polar surface area (TPSA) is 72.8 Å². The lowest BCUT2D eigenvalue weighted by atomic mass is 10.1. The molecule has 0 spiro atoms. The predicted octanol–water partition coefficient (Wildman–Crippen LogP) is 4.81. The Bertz CT molecular complexity index is 1190. The number of allylic oxidation sites excluding steroid dienone is 1. The first-order valence-corrected chi connectivity index (χ1v) is 10.6. The molecule has 2 aromatic heterocycles. The van der Waals surface area contributed by atoms with Crippen LogP contribution in [-0.2, 0) is 13.2 Å². The van der Waals surface area contributed by atoms with E-state index in [4.69, 9.17) is 4.74 Å². The number of nitrogens with zero attached hydrogens (tertiary/aromatic N) is 3. The van der Waals surface area contributed by atoms with E-state index in [0.717, 1.165) is 22.2 Å². The molecule has 2 aromatic carbocycles. The summed E-state index contributed by atoms with van der Waals surface area (Å²) in [4.78, 5) is 15.9. The molecule has 152 valence electrons. The van der Waals surface area contributed by atoms with E-state index in [-0.39, 0.29) is 11.5 Å². The number of aromatic amines is 1. The minimum absolute atomic E-state index is 0.0446. The predicted molar refractivity (Wildman–Crippen MR) is 119 cm³/mol. The maximum absolute atomic E-state index is 12.8. The molecule has 0 saturated carbocycles. The van der Waals surface area contributed by atoms with Crippen LogP contribution >= 0.6 is 11.8 Å². The number of para-hydroxylation sites is 1. The quantitative estimate of drug-likeness (QED) is 0.240. The van der Waals surface area contributed by atoms with Crippen LogP contribution < -0.4 is 4.74 Å². The number of thioether (sulfide) groups is 1. The van der Waals surface area contributed by atoms with Crippen LogP contribution in [0, 0.1) is 6.92 Å². The highest BCUT2D eigenvalue weighted by Crippen LogP contribution is 2.23. The van der Waals surface area contributed by atoms with Crippen LogP contribution in [0.25, 0.3) is 10.9 Å². The van der Waals surface area contributed by atoms with Crippen molar-refractivity contribution in [1.82, 2.24) is 19.7 Å². The fraction of sp³-hybridized carbons (Fsp3) is 0.174. The zero-order chi connectivity index (χ0) is 20.9. The van der Waals surface area contributed by atoms with Crippen molar-refractivity contribution >= 4 is 28.4 Å². The number of aromatic nitrogens is 4. The summed E-state index contributed by atoms with van der Waals surface area (Å²) in [6.45, 7) is 6.68. The van der Waals surface area contributed by atoms with E-state index < -0.39 is 0 Å². The Kier molecular flexibility index (Phi) is 5.99. The molecule has 0 unspecified atom stereocenters. The highest BCUT2D eigenvalue weighted by atomic mass is 32.2. The average molecular weight is 419 g/mol. The zero-order valence-electron chi connectivity index (χ0n) is 16.7. The molecule has 0 aliphatic heterocycles. The second-order valence-corrected chi connectivity index (χ2v) is 7.81. The molecule has 6 nitrogen and oxygen atoms in total. The van der Waals surface area contributed by atoms with Gasteiger partial charge < -0.3 is 9.72 Å².